The van der Waals surface area contributed by atoms with E-state index in [2.05, 4.69) is 15.5 Å². The van der Waals surface area contributed by atoms with Gasteiger partial charge in [-0.15, -0.1) is 0 Å². The Morgan fingerprint density at radius 2 is 2.00 bits per heavy atom. The van der Waals surface area contributed by atoms with Crippen LogP contribution in [-0.4, -0.2) is 55.3 Å². The maximum atomic E-state index is 12.6. The number of hydrogen-bond acceptors (Lipinski definition) is 7. The molecule has 0 radical (unpaired) electrons. The van der Waals surface area contributed by atoms with Crippen LogP contribution in [0.4, 0.5) is 11.4 Å². The minimum absolute atomic E-state index is 0.0821. The summed E-state index contributed by atoms with van der Waals surface area (Å²) < 4.78 is 8.28. The number of benzene rings is 1. The van der Waals surface area contributed by atoms with Gasteiger partial charge in [0.25, 0.3) is 11.8 Å². The number of ether oxygens (including phenoxy) is 1. The summed E-state index contributed by atoms with van der Waals surface area (Å²) in [5.41, 5.74) is 0.452. The topological polar surface area (TPSA) is 137 Å². The third kappa shape index (κ3) is 4.69. The van der Waals surface area contributed by atoms with Gasteiger partial charge in [-0.2, -0.15) is 10.2 Å². The van der Waals surface area contributed by atoms with Crippen LogP contribution in [0.15, 0.2) is 42.7 Å². The fourth-order valence-electron chi connectivity index (χ4n) is 2.76. The van der Waals surface area contributed by atoms with Crippen LogP contribution in [-0.2, 0) is 13.3 Å². The minimum atomic E-state index is -0.541. The molecule has 0 saturated heterocycles. The van der Waals surface area contributed by atoms with Crippen molar-refractivity contribution in [2.75, 3.05) is 19.4 Å². The second-order valence-corrected chi connectivity index (χ2v) is 6.62. The summed E-state index contributed by atoms with van der Waals surface area (Å²) in [5, 5.41) is 22.0. The smallest absolute Gasteiger partial charge is 0.311 e. The molecule has 12 nitrogen and oxygen atoms in total. The average molecular weight is 427 g/mol. The van der Waals surface area contributed by atoms with E-state index >= 15 is 0 Å². The molecule has 1 N–H and O–H groups in total. The van der Waals surface area contributed by atoms with Gasteiger partial charge in [0.1, 0.15) is 5.69 Å². The molecule has 162 valence electrons. The lowest BCUT2D eigenvalue weighted by molar-refractivity contribution is -0.386. The Morgan fingerprint density at radius 1 is 1.26 bits per heavy atom. The quantitative estimate of drug-likeness (QED) is 0.429. The summed E-state index contributed by atoms with van der Waals surface area (Å²) in [7, 11) is 3.22. The zero-order valence-corrected chi connectivity index (χ0v) is 17.2. The van der Waals surface area contributed by atoms with Crippen LogP contribution >= 0.6 is 0 Å². The zero-order valence-electron chi connectivity index (χ0n) is 17.2. The number of hydrogen-bond donors (Lipinski definition) is 1. The molecule has 0 saturated carbocycles. The Morgan fingerprint density at radius 3 is 2.68 bits per heavy atom. The number of anilines is 1. The molecule has 31 heavy (non-hydrogen) atoms. The van der Waals surface area contributed by atoms with Crippen molar-refractivity contribution in [1.29, 1.82) is 0 Å². The number of carbonyl (C=O) groups is 2. The van der Waals surface area contributed by atoms with Crippen molar-refractivity contribution in [3.63, 3.8) is 0 Å². The molecular weight excluding hydrogens is 406 g/mol. The Kier molecular flexibility index (Phi) is 6.29. The van der Waals surface area contributed by atoms with E-state index < -0.39 is 10.8 Å². The van der Waals surface area contributed by atoms with Crippen molar-refractivity contribution in [2.24, 2.45) is 0 Å². The number of para-hydroxylation sites is 2. The molecule has 1 aromatic carbocycles. The van der Waals surface area contributed by atoms with Gasteiger partial charge in [-0.25, -0.2) is 4.68 Å². The highest BCUT2D eigenvalue weighted by Gasteiger charge is 2.22. The number of nitro groups is 1. The molecule has 0 bridgehead atoms. The molecule has 2 amide bonds. The average Bonchev–Trinajstić information content (AvgIpc) is 3.38. The lowest BCUT2D eigenvalue weighted by Gasteiger charge is -2.13. The molecule has 0 spiro atoms. The fourth-order valence-corrected chi connectivity index (χ4v) is 2.76. The standard InChI is InChI=1S/C19H21N7O5/c1-4-25-17(19(28)23(2)3)14(11-20-25)21-18(27)13-9-10-24(22-13)12-31-16-8-6-5-7-15(16)26(29)30/h5-11H,4,12H2,1-3H3,(H,21,27). The van der Waals surface area contributed by atoms with E-state index in [1.54, 1.807) is 20.2 Å². The predicted octanol–water partition coefficient (Wildman–Crippen LogP) is 2.00. The van der Waals surface area contributed by atoms with Gasteiger partial charge >= 0.3 is 5.69 Å². The zero-order chi connectivity index (χ0) is 22.5. The maximum Gasteiger partial charge on any atom is 0.311 e. The number of aryl methyl sites for hydroxylation is 1. The van der Waals surface area contributed by atoms with Crippen molar-refractivity contribution in [3.05, 3.63) is 64.2 Å². The maximum absolute atomic E-state index is 12.6. The largest absolute Gasteiger partial charge is 0.464 e. The van der Waals surface area contributed by atoms with Crippen LogP contribution in [0, 0.1) is 10.1 Å². The molecule has 0 atom stereocenters. The highest BCUT2D eigenvalue weighted by atomic mass is 16.6. The highest BCUT2D eigenvalue weighted by Crippen LogP contribution is 2.26. The Labute approximate surface area is 177 Å². The molecule has 3 aromatic rings. The SMILES string of the molecule is CCn1ncc(NC(=O)c2ccn(COc3ccccc3[N+](=O)[O-])n2)c1C(=O)N(C)C. The van der Waals surface area contributed by atoms with E-state index in [0.29, 0.717) is 6.54 Å². The third-order valence-corrected chi connectivity index (χ3v) is 4.28. The van der Waals surface area contributed by atoms with Crippen LogP contribution in [0.3, 0.4) is 0 Å². The lowest BCUT2D eigenvalue weighted by Crippen LogP contribution is -2.26. The van der Waals surface area contributed by atoms with Gasteiger partial charge in [-0.1, -0.05) is 12.1 Å². The molecule has 0 fully saturated rings. The molecule has 2 aromatic heterocycles. The van der Waals surface area contributed by atoms with Crippen LogP contribution in [0.1, 0.15) is 27.9 Å². The van der Waals surface area contributed by atoms with E-state index in [0.717, 1.165) is 0 Å². The fraction of sp³-hybridized carbons (Fsp3) is 0.263. The molecule has 0 aliphatic carbocycles. The van der Waals surface area contributed by atoms with Crippen molar-refractivity contribution in [1.82, 2.24) is 24.5 Å². The van der Waals surface area contributed by atoms with Gasteiger partial charge in [0, 0.05) is 32.9 Å². The second-order valence-electron chi connectivity index (χ2n) is 6.62. The monoisotopic (exact) mass is 427 g/mol. The number of nitrogens with zero attached hydrogens (tertiary/aromatic N) is 6. The molecule has 3 rings (SSSR count). The number of aromatic nitrogens is 4. The summed E-state index contributed by atoms with van der Waals surface area (Å²) >= 11 is 0. The van der Waals surface area contributed by atoms with Gasteiger partial charge in [0.2, 0.25) is 0 Å². The number of amides is 2. The van der Waals surface area contributed by atoms with Gasteiger partial charge in [0.05, 0.1) is 16.8 Å². The highest BCUT2D eigenvalue weighted by molar-refractivity contribution is 6.07. The van der Waals surface area contributed by atoms with E-state index in [-0.39, 0.29) is 41.2 Å². The first-order valence-corrected chi connectivity index (χ1v) is 9.30. The lowest BCUT2D eigenvalue weighted by atomic mass is 10.3. The third-order valence-electron chi connectivity index (χ3n) is 4.28. The van der Waals surface area contributed by atoms with E-state index in [1.807, 2.05) is 6.92 Å². The van der Waals surface area contributed by atoms with Gasteiger partial charge in [0.15, 0.2) is 18.2 Å². The van der Waals surface area contributed by atoms with E-state index in [9.17, 15) is 19.7 Å². The van der Waals surface area contributed by atoms with Crippen molar-refractivity contribution in [3.8, 4) is 5.75 Å². The van der Waals surface area contributed by atoms with Crippen LogP contribution in [0.5, 0.6) is 5.75 Å². The summed E-state index contributed by atoms with van der Waals surface area (Å²) in [5.74, 6) is -0.737. The van der Waals surface area contributed by atoms with Crippen molar-refractivity contribution < 1.29 is 19.2 Å². The predicted molar refractivity (Wildman–Crippen MR) is 110 cm³/mol. The molecule has 2 heterocycles. The van der Waals surface area contributed by atoms with Crippen LogP contribution in [0.25, 0.3) is 0 Å². The first-order valence-electron chi connectivity index (χ1n) is 9.30. The number of carbonyl (C=O) groups excluding carboxylic acids is 2. The van der Waals surface area contributed by atoms with Crippen LogP contribution in [0.2, 0.25) is 0 Å². The number of nitro benzene ring substituents is 1. The van der Waals surface area contributed by atoms with E-state index in [1.165, 1.54) is 50.9 Å². The van der Waals surface area contributed by atoms with Crippen molar-refractivity contribution >= 4 is 23.2 Å². The first kappa shape index (κ1) is 21.5. The Bertz CT molecular complexity index is 1120. The molecule has 0 unspecified atom stereocenters. The first-order chi connectivity index (χ1) is 14.8. The molecular formula is C19H21N7O5. The number of nitrogens with one attached hydrogen (secondary N) is 1. The number of rotatable bonds is 8. The van der Waals surface area contributed by atoms with Gasteiger partial charge in [-0.05, 0) is 19.1 Å². The van der Waals surface area contributed by atoms with E-state index in [4.69, 9.17) is 4.74 Å². The Balaban J connectivity index is 1.71. The van der Waals surface area contributed by atoms with Crippen molar-refractivity contribution in [2.45, 2.75) is 20.2 Å². The van der Waals surface area contributed by atoms with Gasteiger partial charge in [-0.3, -0.25) is 24.4 Å². The summed E-state index contributed by atoms with van der Waals surface area (Å²) in [6.45, 7) is 2.17. The molecule has 0 aliphatic heterocycles. The second kappa shape index (κ2) is 9.07. The van der Waals surface area contributed by atoms with Gasteiger partial charge < -0.3 is 15.0 Å². The Hall–Kier alpha value is -4.22. The summed E-state index contributed by atoms with van der Waals surface area (Å²) in [4.78, 5) is 37.0. The molecule has 0 aliphatic rings. The normalized spacial score (nSPS) is 10.5. The summed E-state index contributed by atoms with van der Waals surface area (Å²) in [6.07, 6.45) is 2.91. The summed E-state index contributed by atoms with van der Waals surface area (Å²) in [6, 6.07) is 7.44. The van der Waals surface area contributed by atoms with Crippen LogP contribution < -0.4 is 10.1 Å². The minimum Gasteiger partial charge on any atom is -0.464 e. The molecule has 12 heteroatoms.